The van der Waals surface area contributed by atoms with Crippen LogP contribution in [0.5, 0.6) is 0 Å². The molecule has 13 heavy (non-hydrogen) atoms. The van der Waals surface area contributed by atoms with Gasteiger partial charge >= 0.3 is 0 Å². The second-order valence-electron chi connectivity index (χ2n) is 3.81. The molecule has 0 amide bonds. The minimum absolute atomic E-state index is 0.276. The number of aliphatic hydroxyl groups excluding tert-OH is 1. The van der Waals surface area contributed by atoms with E-state index in [0.717, 1.165) is 17.8 Å². The minimum Gasteiger partial charge on any atom is -0.396 e. The van der Waals surface area contributed by atoms with Crippen LogP contribution in [-0.2, 0) is 6.42 Å². The summed E-state index contributed by atoms with van der Waals surface area (Å²) in [5, 5.41) is 12.3. The highest BCUT2D eigenvalue weighted by Crippen LogP contribution is 2.17. The van der Waals surface area contributed by atoms with E-state index in [0.29, 0.717) is 11.8 Å². The predicted octanol–water partition coefficient (Wildman–Crippen LogP) is 2.34. The second-order valence-corrected chi connectivity index (χ2v) is 4.79. The molecule has 0 radical (unpaired) electrons. The number of nitrogens with zero attached hydrogens (tertiary/aromatic N) is 1. The van der Waals surface area contributed by atoms with Gasteiger partial charge in [0.25, 0.3) is 0 Å². The van der Waals surface area contributed by atoms with E-state index >= 15 is 0 Å². The minimum atomic E-state index is 0.276. The maximum atomic E-state index is 9.15. The average molecular weight is 199 g/mol. The molecule has 0 aliphatic carbocycles. The summed E-state index contributed by atoms with van der Waals surface area (Å²) >= 11 is 1.67. The van der Waals surface area contributed by atoms with E-state index in [1.807, 2.05) is 11.6 Å². The van der Waals surface area contributed by atoms with Gasteiger partial charge in [0.05, 0.1) is 5.01 Å². The quantitative estimate of drug-likeness (QED) is 0.789. The number of rotatable bonds is 5. The van der Waals surface area contributed by atoms with Crippen molar-refractivity contribution in [3.8, 4) is 0 Å². The fraction of sp³-hybridized carbons (Fsp3) is 0.700. The Bertz CT molecular complexity index is 221. The average Bonchev–Trinajstić information content (AvgIpc) is 2.55. The van der Waals surface area contributed by atoms with Crippen molar-refractivity contribution < 1.29 is 5.11 Å². The fourth-order valence-electron chi connectivity index (χ4n) is 1.49. The largest absolute Gasteiger partial charge is 0.396 e. The van der Waals surface area contributed by atoms with Crippen molar-refractivity contribution >= 4 is 11.3 Å². The molecule has 3 heteroatoms. The lowest BCUT2D eigenvalue weighted by Gasteiger charge is -2.14. The third kappa shape index (κ3) is 3.87. The van der Waals surface area contributed by atoms with Crippen LogP contribution in [0.25, 0.3) is 0 Å². The van der Waals surface area contributed by atoms with E-state index < -0.39 is 0 Å². The van der Waals surface area contributed by atoms with Gasteiger partial charge in [0, 0.05) is 24.6 Å². The monoisotopic (exact) mass is 199 g/mol. The summed E-state index contributed by atoms with van der Waals surface area (Å²) in [7, 11) is 0. The van der Waals surface area contributed by atoms with Crippen molar-refractivity contribution in [2.45, 2.75) is 26.7 Å². The number of hydrogen-bond acceptors (Lipinski definition) is 3. The van der Waals surface area contributed by atoms with E-state index in [4.69, 9.17) is 5.11 Å². The molecule has 0 aromatic carbocycles. The van der Waals surface area contributed by atoms with Gasteiger partial charge in [-0.2, -0.15) is 0 Å². The van der Waals surface area contributed by atoms with E-state index in [-0.39, 0.29) is 6.61 Å². The standard InChI is InChI=1S/C10H17NOS/c1-8(2)5-9(7-12)6-10-11-3-4-13-10/h3-4,8-9,12H,5-7H2,1-2H3. The van der Waals surface area contributed by atoms with E-state index in [1.165, 1.54) is 0 Å². The molecule has 1 heterocycles. The van der Waals surface area contributed by atoms with E-state index in [1.54, 1.807) is 11.3 Å². The van der Waals surface area contributed by atoms with Crippen molar-refractivity contribution in [2.75, 3.05) is 6.61 Å². The Kier molecular flexibility index (Phi) is 4.39. The first-order chi connectivity index (χ1) is 6.22. The summed E-state index contributed by atoms with van der Waals surface area (Å²) < 4.78 is 0. The molecule has 1 aromatic rings. The molecule has 1 aromatic heterocycles. The first-order valence-electron chi connectivity index (χ1n) is 4.71. The lowest BCUT2D eigenvalue weighted by atomic mass is 9.95. The van der Waals surface area contributed by atoms with Crippen molar-refractivity contribution in [3.05, 3.63) is 16.6 Å². The number of thiazole rings is 1. The highest BCUT2D eigenvalue weighted by molar-refractivity contribution is 7.09. The molecule has 0 aliphatic rings. The van der Waals surface area contributed by atoms with Crippen molar-refractivity contribution in [1.82, 2.24) is 4.98 Å². The van der Waals surface area contributed by atoms with Crippen LogP contribution in [0, 0.1) is 11.8 Å². The molecule has 0 fully saturated rings. The van der Waals surface area contributed by atoms with Gasteiger partial charge in [-0.1, -0.05) is 13.8 Å². The number of hydrogen-bond donors (Lipinski definition) is 1. The Morgan fingerprint density at radius 2 is 2.31 bits per heavy atom. The van der Waals surface area contributed by atoms with Gasteiger partial charge in [0.2, 0.25) is 0 Å². The Morgan fingerprint density at radius 1 is 1.54 bits per heavy atom. The normalized spacial score (nSPS) is 13.5. The van der Waals surface area contributed by atoms with Gasteiger partial charge in [-0.3, -0.25) is 0 Å². The summed E-state index contributed by atoms with van der Waals surface area (Å²) in [6.45, 7) is 4.65. The lowest BCUT2D eigenvalue weighted by molar-refractivity contribution is 0.205. The van der Waals surface area contributed by atoms with Gasteiger partial charge < -0.3 is 5.11 Å². The molecular weight excluding hydrogens is 182 g/mol. The first-order valence-corrected chi connectivity index (χ1v) is 5.59. The molecule has 0 spiro atoms. The maximum absolute atomic E-state index is 9.15. The molecule has 1 unspecified atom stereocenters. The zero-order valence-electron chi connectivity index (χ0n) is 8.23. The maximum Gasteiger partial charge on any atom is 0.0928 e. The highest BCUT2D eigenvalue weighted by Gasteiger charge is 2.11. The van der Waals surface area contributed by atoms with Gasteiger partial charge in [0.15, 0.2) is 0 Å². The van der Waals surface area contributed by atoms with Gasteiger partial charge in [-0.25, -0.2) is 4.98 Å². The van der Waals surface area contributed by atoms with Crippen LogP contribution in [0.4, 0.5) is 0 Å². The number of aliphatic hydroxyl groups is 1. The summed E-state index contributed by atoms with van der Waals surface area (Å²) in [4.78, 5) is 4.22. The molecular formula is C10H17NOS. The van der Waals surface area contributed by atoms with Crippen molar-refractivity contribution in [3.63, 3.8) is 0 Å². The third-order valence-corrected chi connectivity index (χ3v) is 2.81. The topological polar surface area (TPSA) is 33.1 Å². The SMILES string of the molecule is CC(C)CC(CO)Cc1nccs1. The first kappa shape index (κ1) is 10.7. The second kappa shape index (κ2) is 5.35. The molecule has 1 rings (SSSR count). The van der Waals surface area contributed by atoms with Crippen molar-refractivity contribution in [1.29, 1.82) is 0 Å². The zero-order chi connectivity index (χ0) is 9.68. The van der Waals surface area contributed by atoms with Crippen LogP contribution in [-0.4, -0.2) is 16.7 Å². The Morgan fingerprint density at radius 3 is 2.77 bits per heavy atom. The highest BCUT2D eigenvalue weighted by atomic mass is 32.1. The number of aromatic nitrogens is 1. The molecule has 0 bridgehead atoms. The summed E-state index contributed by atoms with van der Waals surface area (Å²) in [5.41, 5.74) is 0. The molecule has 0 aliphatic heterocycles. The summed E-state index contributed by atoms with van der Waals surface area (Å²) in [6.07, 6.45) is 3.83. The van der Waals surface area contributed by atoms with Crippen LogP contribution < -0.4 is 0 Å². The van der Waals surface area contributed by atoms with Crippen LogP contribution in [0.3, 0.4) is 0 Å². The molecule has 0 saturated heterocycles. The van der Waals surface area contributed by atoms with Gasteiger partial charge in [-0.15, -0.1) is 11.3 Å². The molecule has 1 N–H and O–H groups in total. The summed E-state index contributed by atoms with van der Waals surface area (Å²) in [5.74, 6) is 1.03. The Balaban J connectivity index is 2.40. The predicted molar refractivity (Wildman–Crippen MR) is 55.8 cm³/mol. The van der Waals surface area contributed by atoms with Crippen LogP contribution in [0.1, 0.15) is 25.3 Å². The Hall–Kier alpha value is -0.410. The fourth-order valence-corrected chi connectivity index (χ4v) is 2.22. The third-order valence-electron chi connectivity index (χ3n) is 2.01. The summed E-state index contributed by atoms with van der Waals surface area (Å²) in [6, 6.07) is 0. The molecule has 74 valence electrons. The van der Waals surface area contributed by atoms with Crippen LogP contribution >= 0.6 is 11.3 Å². The molecule has 0 saturated carbocycles. The van der Waals surface area contributed by atoms with Gasteiger partial charge in [0.1, 0.15) is 0 Å². The van der Waals surface area contributed by atoms with Crippen LogP contribution in [0.2, 0.25) is 0 Å². The van der Waals surface area contributed by atoms with Crippen LogP contribution in [0.15, 0.2) is 11.6 Å². The van der Waals surface area contributed by atoms with Crippen molar-refractivity contribution in [2.24, 2.45) is 11.8 Å². The smallest absolute Gasteiger partial charge is 0.0928 e. The van der Waals surface area contributed by atoms with E-state index in [2.05, 4.69) is 18.8 Å². The van der Waals surface area contributed by atoms with Gasteiger partial charge in [-0.05, 0) is 18.3 Å². The van der Waals surface area contributed by atoms with E-state index in [9.17, 15) is 0 Å². The lowest BCUT2D eigenvalue weighted by Crippen LogP contribution is -2.12. The molecule has 2 nitrogen and oxygen atoms in total. The molecule has 1 atom stereocenters. The zero-order valence-corrected chi connectivity index (χ0v) is 9.05. The Labute approximate surface area is 83.6 Å².